The normalized spacial score (nSPS) is 41.1. The smallest absolute Gasteiger partial charge is 0.259 e. The topological polar surface area (TPSA) is 345 Å². The Bertz CT molecular complexity index is 1030. The third kappa shape index (κ3) is 6.04. The van der Waals surface area contributed by atoms with Crippen LogP contribution in [0.5, 0.6) is 0 Å². The summed E-state index contributed by atoms with van der Waals surface area (Å²) in [5.41, 5.74) is 11.1. The van der Waals surface area contributed by atoms with Crippen molar-refractivity contribution in [3.05, 3.63) is 0 Å². The molecule has 2 heterocycles. The molecule has 14 N–H and O–H groups in total. The van der Waals surface area contributed by atoms with Gasteiger partial charge in [0, 0.05) is 6.92 Å². The summed E-state index contributed by atoms with van der Waals surface area (Å²) in [6.45, 7) is -1.10. The lowest BCUT2D eigenvalue weighted by molar-refractivity contribution is -0.387. The average Bonchev–Trinajstić information content (AvgIpc) is 2.97. The molecule has 0 spiro atoms. The van der Waals surface area contributed by atoms with Gasteiger partial charge in [-0.15, -0.1) is 0 Å². The zero-order chi connectivity index (χ0) is 33.2. The van der Waals surface area contributed by atoms with Gasteiger partial charge >= 0.3 is 0 Å². The minimum Gasteiger partial charge on any atom is -0.394 e. The number of Topliss-reactive ketones (excluding diaryl/α,β-unsaturated/α-hetero) is 3. The molecule has 0 saturated carbocycles. The number of rotatable bonds is 14. The van der Waals surface area contributed by atoms with Crippen LogP contribution >= 0.6 is 0 Å². The number of aliphatic hydroxyl groups is 8. The lowest BCUT2D eigenvalue weighted by Crippen LogP contribution is -2.90. The lowest BCUT2D eigenvalue weighted by atomic mass is 9.62. The van der Waals surface area contributed by atoms with Crippen LogP contribution in [0.4, 0.5) is 0 Å². The van der Waals surface area contributed by atoms with Gasteiger partial charge in [0.05, 0.1) is 31.9 Å². The molecular formula is C24H41N3O16. The molecule has 2 aliphatic heterocycles. The summed E-state index contributed by atoms with van der Waals surface area (Å²) in [7, 11) is 0. The summed E-state index contributed by atoms with van der Waals surface area (Å²) in [4.78, 5) is 51.2. The van der Waals surface area contributed by atoms with Gasteiger partial charge in [-0.25, -0.2) is 0 Å². The standard InChI is InChI=1S/C24H41N3O16/c1-8(32)22(39)20(41-21-15(26)18(38)17(37)13(6-30)40-21)14(7-31)42-24(10(3)34,23(22,27)9(2)33)43-19(12(35)5-29)16(36)11(25)4-28/h4,11-21,29-31,35-39H,5-7,25-27H2,1-3H3/t11-,12+,13+,14+,15+,16+,17+,18+,19+,20-,21-,22-,23-,24+/m0/s1. The molecule has 2 fully saturated rings. The van der Waals surface area contributed by atoms with Crippen molar-refractivity contribution in [2.45, 2.75) is 105 Å². The van der Waals surface area contributed by atoms with Crippen LogP contribution in [-0.4, -0.2) is 168 Å². The average molecular weight is 628 g/mol. The molecule has 19 heteroatoms. The van der Waals surface area contributed by atoms with Gasteiger partial charge in [0.25, 0.3) is 5.79 Å². The van der Waals surface area contributed by atoms with Crippen molar-refractivity contribution in [1.29, 1.82) is 0 Å². The van der Waals surface area contributed by atoms with Crippen LogP contribution in [-0.2, 0) is 38.1 Å². The van der Waals surface area contributed by atoms with Crippen molar-refractivity contribution in [3.8, 4) is 0 Å². The number of aliphatic hydroxyl groups excluding tert-OH is 7. The molecule has 2 rings (SSSR count). The minimum atomic E-state index is -3.42. The molecule has 14 atom stereocenters. The number of hydrogen-bond donors (Lipinski definition) is 11. The highest BCUT2D eigenvalue weighted by atomic mass is 16.8. The van der Waals surface area contributed by atoms with E-state index in [1.54, 1.807) is 0 Å². The van der Waals surface area contributed by atoms with Crippen molar-refractivity contribution in [3.63, 3.8) is 0 Å². The zero-order valence-electron chi connectivity index (χ0n) is 23.6. The summed E-state index contributed by atoms with van der Waals surface area (Å²) >= 11 is 0. The van der Waals surface area contributed by atoms with E-state index in [-0.39, 0.29) is 6.29 Å². The quantitative estimate of drug-likeness (QED) is 0.0796. The van der Waals surface area contributed by atoms with E-state index < -0.39 is 121 Å². The van der Waals surface area contributed by atoms with E-state index in [2.05, 4.69) is 0 Å². The van der Waals surface area contributed by atoms with Crippen LogP contribution < -0.4 is 17.2 Å². The first kappa shape index (κ1) is 37.3. The molecule has 0 radical (unpaired) electrons. The highest BCUT2D eigenvalue weighted by molar-refractivity contribution is 6.05. The highest BCUT2D eigenvalue weighted by Crippen LogP contribution is 2.48. The molecule has 248 valence electrons. The summed E-state index contributed by atoms with van der Waals surface area (Å²) in [6.07, 6.45) is -17.8. The Labute approximate surface area is 245 Å². The van der Waals surface area contributed by atoms with E-state index in [0.29, 0.717) is 6.92 Å². The summed E-state index contributed by atoms with van der Waals surface area (Å²) in [5, 5.41) is 83.0. The van der Waals surface area contributed by atoms with E-state index in [0.717, 1.165) is 13.8 Å². The predicted molar refractivity (Wildman–Crippen MR) is 137 cm³/mol. The molecule has 0 amide bonds. The Hall–Kier alpha value is -1.92. The number of carbonyl (C=O) groups excluding carboxylic acids is 4. The third-order valence-corrected chi connectivity index (χ3v) is 7.89. The van der Waals surface area contributed by atoms with Gasteiger partial charge in [0.1, 0.15) is 55.1 Å². The van der Waals surface area contributed by atoms with E-state index in [4.69, 9.17) is 36.1 Å². The number of carbonyl (C=O) groups is 4. The Morgan fingerprint density at radius 1 is 0.977 bits per heavy atom. The van der Waals surface area contributed by atoms with Crippen LogP contribution in [0.2, 0.25) is 0 Å². The molecule has 0 aliphatic carbocycles. The molecular weight excluding hydrogens is 586 g/mol. The number of ketones is 3. The Morgan fingerprint density at radius 3 is 1.95 bits per heavy atom. The first-order valence-corrected chi connectivity index (χ1v) is 13.1. The molecule has 0 aromatic rings. The molecule has 0 bridgehead atoms. The second-order valence-electron chi connectivity index (χ2n) is 10.6. The molecule has 0 aromatic heterocycles. The number of ether oxygens (including phenoxy) is 4. The molecule has 0 aromatic carbocycles. The Balaban J connectivity index is 2.83. The van der Waals surface area contributed by atoms with Crippen molar-refractivity contribution in [2.75, 3.05) is 19.8 Å². The van der Waals surface area contributed by atoms with Crippen molar-refractivity contribution >= 4 is 23.6 Å². The number of nitrogens with two attached hydrogens (primary N) is 3. The van der Waals surface area contributed by atoms with Crippen molar-refractivity contribution in [1.82, 2.24) is 0 Å². The van der Waals surface area contributed by atoms with Crippen molar-refractivity contribution < 1.29 is 79.0 Å². The predicted octanol–water partition coefficient (Wildman–Crippen LogP) is -7.95. The van der Waals surface area contributed by atoms with Gasteiger partial charge in [-0.1, -0.05) is 0 Å². The summed E-state index contributed by atoms with van der Waals surface area (Å²) < 4.78 is 22.3. The molecule has 0 unspecified atom stereocenters. The fourth-order valence-corrected chi connectivity index (χ4v) is 5.32. The van der Waals surface area contributed by atoms with E-state index in [1.807, 2.05) is 0 Å². The van der Waals surface area contributed by atoms with Gasteiger partial charge in [-0.05, 0) is 13.8 Å². The lowest BCUT2D eigenvalue weighted by Gasteiger charge is -2.60. The first-order chi connectivity index (χ1) is 19.9. The second-order valence-corrected chi connectivity index (χ2v) is 10.6. The fourth-order valence-electron chi connectivity index (χ4n) is 5.32. The Kier molecular flexibility index (Phi) is 12.1. The zero-order valence-corrected chi connectivity index (χ0v) is 23.6. The first-order valence-electron chi connectivity index (χ1n) is 13.1. The number of aldehydes is 1. The molecule has 19 nitrogen and oxygen atoms in total. The maximum atomic E-state index is 13.3. The van der Waals surface area contributed by atoms with E-state index in [1.165, 1.54) is 0 Å². The highest BCUT2D eigenvalue weighted by Gasteiger charge is 2.78. The SMILES string of the molecule is CC(=O)[C@]1(O[C@@H]([C@H](O)[C@@H](N)C=O)[C@H](O)CO)O[C@H](CO)[C@H](O[C@@H]2O[C@H](CO)[C@@H](O)[C@H](O)[C@H]2N)[C@@](O)(C(C)=O)[C@@]1(N)C(C)=O. The van der Waals surface area contributed by atoms with Gasteiger partial charge < -0.3 is 81.8 Å². The minimum absolute atomic E-state index is 0.0265. The summed E-state index contributed by atoms with van der Waals surface area (Å²) in [6, 6.07) is -3.44. The number of hydrogen-bond acceptors (Lipinski definition) is 19. The van der Waals surface area contributed by atoms with E-state index in [9.17, 15) is 60.0 Å². The van der Waals surface area contributed by atoms with Crippen molar-refractivity contribution in [2.24, 2.45) is 17.2 Å². The summed E-state index contributed by atoms with van der Waals surface area (Å²) in [5.74, 6) is -7.49. The largest absolute Gasteiger partial charge is 0.394 e. The van der Waals surface area contributed by atoms with Crippen LogP contribution in [0.25, 0.3) is 0 Å². The molecule has 2 saturated heterocycles. The van der Waals surface area contributed by atoms with Gasteiger partial charge in [-0.2, -0.15) is 0 Å². The second kappa shape index (κ2) is 14.0. The van der Waals surface area contributed by atoms with Gasteiger partial charge in [0.2, 0.25) is 0 Å². The van der Waals surface area contributed by atoms with Gasteiger partial charge in [0.15, 0.2) is 34.8 Å². The van der Waals surface area contributed by atoms with Crippen LogP contribution in [0.1, 0.15) is 20.8 Å². The Morgan fingerprint density at radius 2 is 1.53 bits per heavy atom. The van der Waals surface area contributed by atoms with Gasteiger partial charge in [-0.3, -0.25) is 14.4 Å². The molecule has 2 aliphatic rings. The maximum Gasteiger partial charge on any atom is 0.259 e. The third-order valence-electron chi connectivity index (χ3n) is 7.89. The monoisotopic (exact) mass is 627 g/mol. The van der Waals surface area contributed by atoms with Crippen LogP contribution in [0, 0.1) is 0 Å². The maximum absolute atomic E-state index is 13.3. The molecule has 43 heavy (non-hydrogen) atoms. The van der Waals surface area contributed by atoms with Crippen LogP contribution in [0.15, 0.2) is 0 Å². The fraction of sp³-hybridized carbons (Fsp3) is 0.833. The van der Waals surface area contributed by atoms with Crippen LogP contribution in [0.3, 0.4) is 0 Å². The van der Waals surface area contributed by atoms with E-state index >= 15 is 0 Å².